The maximum absolute atomic E-state index is 13.1. The monoisotopic (exact) mass is 518 g/mol. The number of β-amino-alcohol motifs (C(OH)–C–C–N with tert-alkyl or cyclic N) is 1. The fourth-order valence-corrected chi connectivity index (χ4v) is 5.69. The summed E-state index contributed by atoms with van der Waals surface area (Å²) in [6.07, 6.45) is -2.96. The number of alkyl halides is 3. The molecule has 2 fully saturated rings. The Kier molecular flexibility index (Phi) is 7.85. The number of aliphatic hydroxyl groups is 1. The van der Waals surface area contributed by atoms with Crippen molar-refractivity contribution in [3.63, 3.8) is 0 Å². The van der Waals surface area contributed by atoms with Crippen molar-refractivity contribution in [2.75, 3.05) is 26.3 Å². The van der Waals surface area contributed by atoms with Crippen LogP contribution in [0.4, 0.5) is 13.2 Å². The zero-order chi connectivity index (χ0) is 26.0. The van der Waals surface area contributed by atoms with Crippen LogP contribution in [-0.4, -0.2) is 71.5 Å². The summed E-state index contributed by atoms with van der Waals surface area (Å²) in [5.74, 6) is 0.0850. The first-order valence-corrected chi connectivity index (χ1v) is 12.9. The minimum atomic E-state index is -4.38. The van der Waals surface area contributed by atoms with E-state index in [2.05, 4.69) is 17.0 Å². The van der Waals surface area contributed by atoms with Gasteiger partial charge in [0.15, 0.2) is 0 Å². The second-order valence-corrected chi connectivity index (χ2v) is 10.3. The van der Waals surface area contributed by atoms with Crippen molar-refractivity contribution in [2.45, 2.75) is 69.3 Å². The molecule has 0 unspecified atom stereocenters. The van der Waals surface area contributed by atoms with E-state index in [-0.39, 0.29) is 30.8 Å². The molecule has 4 atom stereocenters. The molecule has 37 heavy (non-hydrogen) atoms. The first-order chi connectivity index (χ1) is 17.8. The Morgan fingerprint density at radius 3 is 2.54 bits per heavy atom. The van der Waals surface area contributed by atoms with Gasteiger partial charge in [-0.2, -0.15) is 13.2 Å². The molecule has 2 aromatic carbocycles. The summed E-state index contributed by atoms with van der Waals surface area (Å²) in [6.45, 7) is 2.52. The van der Waals surface area contributed by atoms with Crippen molar-refractivity contribution in [1.82, 2.24) is 9.80 Å². The largest absolute Gasteiger partial charge is 0.416 e. The molecule has 0 aromatic heterocycles. The lowest BCUT2D eigenvalue weighted by molar-refractivity contribution is -0.161. The molecule has 0 spiro atoms. The normalized spacial score (nSPS) is 27.1. The van der Waals surface area contributed by atoms with Gasteiger partial charge in [-0.25, -0.2) is 0 Å². The number of hydrogen-bond donors (Lipinski definition) is 1. The zero-order valence-electron chi connectivity index (χ0n) is 20.7. The van der Waals surface area contributed by atoms with Gasteiger partial charge in [0.1, 0.15) is 0 Å². The molecule has 200 valence electrons. The lowest BCUT2D eigenvalue weighted by Gasteiger charge is -2.44. The van der Waals surface area contributed by atoms with Crippen molar-refractivity contribution in [3.05, 3.63) is 70.8 Å². The van der Waals surface area contributed by atoms with Crippen molar-refractivity contribution in [2.24, 2.45) is 0 Å². The first kappa shape index (κ1) is 26.2. The Bertz CT molecular complexity index is 1080. The van der Waals surface area contributed by atoms with Crippen LogP contribution in [0.1, 0.15) is 41.5 Å². The quantitative estimate of drug-likeness (QED) is 0.668. The first-order valence-electron chi connectivity index (χ1n) is 12.9. The molecule has 6 nitrogen and oxygen atoms in total. The fraction of sp³-hybridized carbons (Fsp3) is 0.536. The van der Waals surface area contributed by atoms with Crippen LogP contribution in [0.2, 0.25) is 0 Å². The van der Waals surface area contributed by atoms with Crippen molar-refractivity contribution < 1.29 is 32.5 Å². The Balaban J connectivity index is 1.22. The second-order valence-electron chi connectivity index (χ2n) is 10.3. The van der Waals surface area contributed by atoms with Gasteiger partial charge in [-0.3, -0.25) is 9.69 Å². The summed E-state index contributed by atoms with van der Waals surface area (Å²) in [5.41, 5.74) is 2.55. The van der Waals surface area contributed by atoms with E-state index in [9.17, 15) is 23.1 Å². The number of hydrogen-bond acceptors (Lipinski definition) is 5. The van der Waals surface area contributed by atoms with Crippen molar-refractivity contribution >= 4 is 5.91 Å². The van der Waals surface area contributed by atoms with E-state index in [1.165, 1.54) is 23.3 Å². The van der Waals surface area contributed by atoms with Gasteiger partial charge in [-0.05, 0) is 48.1 Å². The van der Waals surface area contributed by atoms with Crippen LogP contribution in [-0.2, 0) is 40.0 Å². The smallest absolute Gasteiger partial charge is 0.389 e. The van der Waals surface area contributed by atoms with Gasteiger partial charge in [0, 0.05) is 32.2 Å². The summed E-state index contributed by atoms with van der Waals surface area (Å²) in [4.78, 5) is 17.1. The van der Waals surface area contributed by atoms with Crippen LogP contribution in [0.25, 0.3) is 0 Å². The Morgan fingerprint density at radius 2 is 1.78 bits per heavy atom. The molecule has 1 amide bonds. The molecule has 3 aliphatic rings. The average Bonchev–Trinajstić information content (AvgIpc) is 2.87. The molecule has 0 saturated carbocycles. The third-order valence-corrected chi connectivity index (χ3v) is 7.64. The van der Waals surface area contributed by atoms with Crippen LogP contribution in [0, 0.1) is 0 Å². The number of carbonyl (C=O) groups excluding carboxylic acids is 1. The van der Waals surface area contributed by atoms with E-state index < -0.39 is 17.8 Å². The maximum atomic E-state index is 13.1. The number of ether oxygens (including phenoxy) is 2. The van der Waals surface area contributed by atoms with Crippen LogP contribution in [0.3, 0.4) is 0 Å². The third-order valence-electron chi connectivity index (χ3n) is 7.64. The number of halogens is 3. The van der Waals surface area contributed by atoms with Gasteiger partial charge in [-0.1, -0.05) is 36.4 Å². The lowest BCUT2D eigenvalue weighted by atomic mass is 9.93. The number of aliphatic hydroxyl groups excluding tert-OH is 1. The molecule has 3 heterocycles. The van der Waals surface area contributed by atoms with E-state index in [1.807, 2.05) is 17.0 Å². The van der Waals surface area contributed by atoms with E-state index in [0.717, 1.165) is 30.5 Å². The number of fused-ring (bicyclic) bond motifs is 2. The summed E-state index contributed by atoms with van der Waals surface area (Å²) >= 11 is 0. The van der Waals surface area contributed by atoms with Crippen molar-refractivity contribution in [1.29, 1.82) is 0 Å². The zero-order valence-corrected chi connectivity index (χ0v) is 20.7. The molecule has 3 aliphatic heterocycles. The summed E-state index contributed by atoms with van der Waals surface area (Å²) in [6, 6.07) is 13.3. The van der Waals surface area contributed by atoms with Gasteiger partial charge < -0.3 is 19.5 Å². The minimum absolute atomic E-state index is 0.0644. The van der Waals surface area contributed by atoms with E-state index in [4.69, 9.17) is 9.47 Å². The van der Waals surface area contributed by atoms with E-state index >= 15 is 0 Å². The predicted octanol–water partition coefficient (Wildman–Crippen LogP) is 3.79. The molecule has 9 heteroatoms. The molecule has 0 radical (unpaired) electrons. The number of carbonyl (C=O) groups is 1. The van der Waals surface area contributed by atoms with Crippen molar-refractivity contribution in [3.8, 4) is 0 Å². The molecular formula is C28H33F3N2O4. The molecule has 2 saturated heterocycles. The molecule has 2 aromatic rings. The number of benzene rings is 2. The minimum Gasteiger partial charge on any atom is -0.389 e. The Morgan fingerprint density at radius 1 is 1.03 bits per heavy atom. The third kappa shape index (κ3) is 6.34. The summed E-state index contributed by atoms with van der Waals surface area (Å²) in [7, 11) is 0. The molecule has 1 N–H and O–H groups in total. The number of amides is 1. The highest BCUT2D eigenvalue weighted by Crippen LogP contribution is 2.32. The highest BCUT2D eigenvalue weighted by molar-refractivity contribution is 5.77. The standard InChI is InChI=1S/C28H33F3N2O4/c29-28(30,31)22-7-5-19(6-8-22)14-33-16-23(34)17-36-18-26-25(33)10-9-24(37-26)13-27(35)32-12-11-20-3-1-2-4-21(20)15-32/h1-8,23-26,34H,9-18H2/t23-,24-,25-,26+/m0/s1. The molecule has 0 bridgehead atoms. The van der Waals surface area contributed by atoms with E-state index in [1.54, 1.807) is 0 Å². The fourth-order valence-electron chi connectivity index (χ4n) is 5.69. The topological polar surface area (TPSA) is 62.2 Å². The summed E-state index contributed by atoms with van der Waals surface area (Å²) in [5, 5.41) is 10.4. The SMILES string of the molecule is O=C(C[C@@H]1CC[C@H]2[C@@H](COC[C@@H](O)CN2Cc2ccc(C(F)(F)F)cc2)O1)N1CCc2ccccc2C1. The number of rotatable bonds is 4. The Hall–Kier alpha value is -2.46. The van der Waals surface area contributed by atoms with E-state index in [0.29, 0.717) is 45.6 Å². The maximum Gasteiger partial charge on any atom is 0.416 e. The number of nitrogens with zero attached hydrogens (tertiary/aromatic N) is 2. The lowest BCUT2D eigenvalue weighted by Crippen LogP contribution is -2.55. The van der Waals surface area contributed by atoms with Crippen LogP contribution in [0.15, 0.2) is 48.5 Å². The van der Waals surface area contributed by atoms with Gasteiger partial charge in [-0.15, -0.1) is 0 Å². The van der Waals surface area contributed by atoms with Gasteiger partial charge in [0.2, 0.25) is 5.91 Å². The molecular weight excluding hydrogens is 485 g/mol. The summed E-state index contributed by atoms with van der Waals surface area (Å²) < 4.78 is 51.0. The Labute approximate surface area is 215 Å². The predicted molar refractivity (Wildman–Crippen MR) is 131 cm³/mol. The van der Waals surface area contributed by atoms with Crippen LogP contribution < -0.4 is 0 Å². The van der Waals surface area contributed by atoms with Crippen LogP contribution >= 0.6 is 0 Å². The highest BCUT2D eigenvalue weighted by Gasteiger charge is 2.39. The second kappa shape index (κ2) is 11.1. The average molecular weight is 519 g/mol. The van der Waals surface area contributed by atoms with Crippen LogP contribution in [0.5, 0.6) is 0 Å². The highest BCUT2D eigenvalue weighted by atomic mass is 19.4. The van der Waals surface area contributed by atoms with Gasteiger partial charge in [0.25, 0.3) is 0 Å². The molecule has 0 aliphatic carbocycles. The van der Waals surface area contributed by atoms with Gasteiger partial charge in [0.05, 0.1) is 43.5 Å². The molecule has 5 rings (SSSR count). The van der Waals surface area contributed by atoms with Gasteiger partial charge >= 0.3 is 6.18 Å².